The van der Waals surface area contributed by atoms with E-state index >= 15 is 0 Å². The first-order valence-corrected chi connectivity index (χ1v) is 5.85. The van der Waals surface area contributed by atoms with Crippen LogP contribution in [-0.2, 0) is 0 Å². The molecule has 0 fully saturated rings. The molecule has 1 aromatic carbocycles. The van der Waals surface area contributed by atoms with Gasteiger partial charge < -0.3 is 15.4 Å². The molecule has 0 radical (unpaired) electrons. The van der Waals surface area contributed by atoms with Crippen molar-refractivity contribution in [2.75, 3.05) is 5.32 Å². The molecule has 3 N–H and O–H groups in total. The van der Waals surface area contributed by atoms with E-state index in [9.17, 15) is 9.59 Å². The minimum absolute atomic E-state index is 0.0577. The highest BCUT2D eigenvalue weighted by molar-refractivity contribution is 6.30. The third-order valence-corrected chi connectivity index (χ3v) is 2.90. The summed E-state index contributed by atoms with van der Waals surface area (Å²) in [6, 6.07) is 6.32. The standard InChI is InChI=1S/C13H11ClN2O3/c1-7-11(13(18)19)10(6-15-7)16-12(17)8-2-4-9(14)5-3-8/h2-6,15H,1H3,(H,16,17)(H,18,19). The summed E-state index contributed by atoms with van der Waals surface area (Å²) in [5.41, 5.74) is 1.19. The fraction of sp³-hybridized carbons (Fsp3) is 0.0769. The van der Waals surface area contributed by atoms with Gasteiger partial charge in [0.2, 0.25) is 0 Å². The second kappa shape index (κ2) is 5.16. The second-order valence-corrected chi connectivity index (χ2v) is 4.40. The lowest BCUT2D eigenvalue weighted by Gasteiger charge is -2.05. The Labute approximate surface area is 114 Å². The molecular weight excluding hydrogens is 268 g/mol. The van der Waals surface area contributed by atoms with E-state index in [1.165, 1.54) is 6.20 Å². The van der Waals surface area contributed by atoms with Gasteiger partial charge in [-0.25, -0.2) is 4.79 Å². The summed E-state index contributed by atoms with van der Waals surface area (Å²) in [5.74, 6) is -1.48. The van der Waals surface area contributed by atoms with Gasteiger partial charge in [-0.15, -0.1) is 0 Å². The Morgan fingerprint density at radius 1 is 1.26 bits per heavy atom. The summed E-state index contributed by atoms with van der Waals surface area (Å²) in [5, 5.41) is 12.1. The maximum atomic E-state index is 11.9. The molecule has 0 aliphatic carbocycles. The molecule has 1 heterocycles. The van der Waals surface area contributed by atoms with Crippen molar-refractivity contribution in [3.63, 3.8) is 0 Å². The molecule has 5 nitrogen and oxygen atoms in total. The molecule has 2 aromatic rings. The number of nitrogens with one attached hydrogen (secondary N) is 2. The number of amides is 1. The van der Waals surface area contributed by atoms with Gasteiger partial charge in [0.1, 0.15) is 5.56 Å². The molecule has 98 valence electrons. The Bertz CT molecular complexity index is 632. The molecule has 19 heavy (non-hydrogen) atoms. The van der Waals surface area contributed by atoms with E-state index in [1.807, 2.05) is 0 Å². The first-order valence-electron chi connectivity index (χ1n) is 5.47. The van der Waals surface area contributed by atoms with Gasteiger partial charge in [0.25, 0.3) is 5.91 Å². The number of anilines is 1. The van der Waals surface area contributed by atoms with Crippen LogP contribution in [0.3, 0.4) is 0 Å². The molecule has 0 bridgehead atoms. The largest absolute Gasteiger partial charge is 0.478 e. The molecule has 0 spiro atoms. The second-order valence-electron chi connectivity index (χ2n) is 3.97. The molecule has 0 atom stereocenters. The van der Waals surface area contributed by atoms with Crippen LogP contribution in [-0.4, -0.2) is 22.0 Å². The van der Waals surface area contributed by atoms with Crippen LogP contribution in [0.15, 0.2) is 30.5 Å². The number of halogens is 1. The van der Waals surface area contributed by atoms with Crippen LogP contribution < -0.4 is 5.32 Å². The highest BCUT2D eigenvalue weighted by Crippen LogP contribution is 2.20. The SMILES string of the molecule is Cc1[nH]cc(NC(=O)c2ccc(Cl)cc2)c1C(=O)O. The summed E-state index contributed by atoms with van der Waals surface area (Å²) in [4.78, 5) is 25.8. The third-order valence-electron chi connectivity index (χ3n) is 2.65. The number of benzene rings is 1. The third kappa shape index (κ3) is 2.77. The van der Waals surface area contributed by atoms with Gasteiger partial charge in [-0.05, 0) is 31.2 Å². The van der Waals surface area contributed by atoms with Crippen molar-refractivity contribution in [2.24, 2.45) is 0 Å². The molecule has 0 saturated carbocycles. The average Bonchev–Trinajstić information content (AvgIpc) is 2.71. The minimum atomic E-state index is -1.09. The summed E-state index contributed by atoms with van der Waals surface area (Å²) >= 11 is 5.73. The molecule has 0 aliphatic heterocycles. The summed E-state index contributed by atoms with van der Waals surface area (Å²) in [7, 11) is 0. The van der Waals surface area contributed by atoms with Gasteiger partial charge >= 0.3 is 5.97 Å². The van der Waals surface area contributed by atoms with Crippen LogP contribution >= 0.6 is 11.6 Å². The zero-order chi connectivity index (χ0) is 14.0. The van der Waals surface area contributed by atoms with Gasteiger partial charge in [-0.1, -0.05) is 11.6 Å². The van der Waals surface area contributed by atoms with Crippen LogP contribution in [0.5, 0.6) is 0 Å². The maximum absolute atomic E-state index is 11.9. The van der Waals surface area contributed by atoms with Gasteiger partial charge in [0.15, 0.2) is 0 Å². The topological polar surface area (TPSA) is 82.2 Å². The van der Waals surface area contributed by atoms with E-state index in [2.05, 4.69) is 10.3 Å². The lowest BCUT2D eigenvalue weighted by atomic mass is 10.2. The number of rotatable bonds is 3. The number of carbonyl (C=O) groups excluding carboxylic acids is 1. The van der Waals surface area contributed by atoms with Gasteiger partial charge in [0, 0.05) is 22.5 Å². The van der Waals surface area contributed by atoms with Crippen molar-refractivity contribution in [1.29, 1.82) is 0 Å². The molecule has 1 aromatic heterocycles. The Morgan fingerprint density at radius 2 is 1.89 bits per heavy atom. The number of aromatic nitrogens is 1. The van der Waals surface area contributed by atoms with E-state index in [0.717, 1.165) is 0 Å². The predicted molar refractivity (Wildman–Crippen MR) is 71.9 cm³/mol. The average molecular weight is 279 g/mol. The number of hydrogen-bond acceptors (Lipinski definition) is 2. The number of aryl methyl sites for hydroxylation is 1. The van der Waals surface area contributed by atoms with Gasteiger partial charge in [0.05, 0.1) is 5.69 Å². The Balaban J connectivity index is 2.24. The summed E-state index contributed by atoms with van der Waals surface area (Å²) < 4.78 is 0. The fourth-order valence-electron chi connectivity index (χ4n) is 1.70. The number of hydrogen-bond donors (Lipinski definition) is 3. The van der Waals surface area contributed by atoms with Crippen LogP contribution in [0.1, 0.15) is 26.4 Å². The number of carbonyl (C=O) groups is 2. The van der Waals surface area contributed by atoms with E-state index in [4.69, 9.17) is 16.7 Å². The zero-order valence-electron chi connectivity index (χ0n) is 10.0. The van der Waals surface area contributed by atoms with Crippen molar-refractivity contribution in [1.82, 2.24) is 4.98 Å². The van der Waals surface area contributed by atoms with Crippen molar-refractivity contribution in [3.8, 4) is 0 Å². The number of aromatic amines is 1. The smallest absolute Gasteiger partial charge is 0.339 e. The molecule has 1 amide bonds. The van der Waals surface area contributed by atoms with Crippen LogP contribution in [0, 0.1) is 6.92 Å². The summed E-state index contributed by atoms with van der Waals surface area (Å²) in [6.45, 7) is 1.63. The van der Waals surface area contributed by atoms with Crippen molar-refractivity contribution < 1.29 is 14.7 Å². The van der Waals surface area contributed by atoms with E-state index < -0.39 is 11.9 Å². The molecule has 2 rings (SSSR count). The Hall–Kier alpha value is -2.27. The van der Waals surface area contributed by atoms with Crippen LogP contribution in [0.25, 0.3) is 0 Å². The summed E-state index contributed by atoms with van der Waals surface area (Å²) in [6.07, 6.45) is 1.45. The molecule has 0 aliphatic rings. The van der Waals surface area contributed by atoms with Crippen molar-refractivity contribution >= 4 is 29.2 Å². The fourth-order valence-corrected chi connectivity index (χ4v) is 1.82. The number of carboxylic acid groups (broad SMARTS) is 1. The van der Waals surface area contributed by atoms with E-state index in [1.54, 1.807) is 31.2 Å². The zero-order valence-corrected chi connectivity index (χ0v) is 10.8. The van der Waals surface area contributed by atoms with E-state index in [-0.39, 0.29) is 11.3 Å². The predicted octanol–water partition coefficient (Wildman–Crippen LogP) is 2.93. The first kappa shape index (κ1) is 13.2. The molecule has 0 unspecified atom stereocenters. The highest BCUT2D eigenvalue weighted by Gasteiger charge is 2.17. The monoisotopic (exact) mass is 278 g/mol. The number of aromatic carboxylic acids is 1. The number of H-pyrrole nitrogens is 1. The number of carboxylic acids is 1. The minimum Gasteiger partial charge on any atom is -0.478 e. The van der Waals surface area contributed by atoms with Crippen LogP contribution in [0.2, 0.25) is 5.02 Å². The van der Waals surface area contributed by atoms with Crippen molar-refractivity contribution in [3.05, 3.63) is 52.3 Å². The molecule has 0 saturated heterocycles. The van der Waals surface area contributed by atoms with Gasteiger partial charge in [-0.2, -0.15) is 0 Å². The molecule has 6 heteroatoms. The first-order chi connectivity index (χ1) is 8.99. The van der Waals surface area contributed by atoms with E-state index in [0.29, 0.717) is 16.3 Å². The Kier molecular flexibility index (Phi) is 3.57. The van der Waals surface area contributed by atoms with Gasteiger partial charge in [-0.3, -0.25) is 4.79 Å². The Morgan fingerprint density at radius 3 is 2.47 bits per heavy atom. The lowest BCUT2D eigenvalue weighted by Crippen LogP contribution is -2.13. The van der Waals surface area contributed by atoms with Crippen molar-refractivity contribution in [2.45, 2.75) is 6.92 Å². The highest BCUT2D eigenvalue weighted by atomic mass is 35.5. The van der Waals surface area contributed by atoms with Crippen LogP contribution in [0.4, 0.5) is 5.69 Å². The lowest BCUT2D eigenvalue weighted by molar-refractivity contribution is 0.0697. The quantitative estimate of drug-likeness (QED) is 0.807. The normalized spacial score (nSPS) is 10.2. The maximum Gasteiger partial charge on any atom is 0.339 e. The molecular formula is C13H11ClN2O3.